The first kappa shape index (κ1) is 23.8. The zero-order valence-corrected chi connectivity index (χ0v) is 18.5. The number of nitrogens with one attached hydrogen (secondary N) is 1. The molecule has 1 saturated heterocycles. The second-order valence-corrected chi connectivity index (χ2v) is 7.92. The third kappa shape index (κ3) is 6.33. The Labute approximate surface area is 186 Å². The smallest absolute Gasteiger partial charge is 0.319 e. The first-order valence-corrected chi connectivity index (χ1v) is 10.7. The molecule has 174 valence electrons. The van der Waals surface area contributed by atoms with Crippen LogP contribution in [0.5, 0.6) is 0 Å². The Kier molecular flexibility index (Phi) is 8.29. The molecule has 0 unspecified atom stereocenters. The SMILES string of the molecule is CCc1ccccc1NC(=O)CN1CCN(C(=O)CN(C)Cc2nccn2C(F)F)CC1. The number of anilines is 1. The Balaban J connectivity index is 1.42. The van der Waals surface area contributed by atoms with Gasteiger partial charge >= 0.3 is 6.55 Å². The third-order valence-corrected chi connectivity index (χ3v) is 5.54. The lowest BCUT2D eigenvalue weighted by Gasteiger charge is -2.35. The second-order valence-electron chi connectivity index (χ2n) is 7.92. The highest BCUT2D eigenvalue weighted by molar-refractivity contribution is 5.93. The summed E-state index contributed by atoms with van der Waals surface area (Å²) in [5.41, 5.74) is 1.93. The summed E-state index contributed by atoms with van der Waals surface area (Å²) in [5.74, 6) is 0.0827. The molecule has 3 rings (SSSR count). The van der Waals surface area contributed by atoms with Crippen LogP contribution in [0, 0.1) is 0 Å². The van der Waals surface area contributed by atoms with E-state index in [-0.39, 0.29) is 37.3 Å². The molecule has 0 bridgehead atoms. The number of rotatable bonds is 9. The zero-order valence-electron chi connectivity index (χ0n) is 18.5. The Bertz CT molecular complexity index is 911. The number of imidazole rings is 1. The maximum atomic E-state index is 12.9. The van der Waals surface area contributed by atoms with Crippen LogP contribution in [0.15, 0.2) is 36.7 Å². The summed E-state index contributed by atoms with van der Waals surface area (Å²) < 4.78 is 26.7. The van der Waals surface area contributed by atoms with Gasteiger partial charge in [-0.05, 0) is 25.1 Å². The largest absolute Gasteiger partial charge is 0.339 e. The molecule has 0 atom stereocenters. The van der Waals surface area contributed by atoms with Crippen LogP contribution in [0.4, 0.5) is 14.5 Å². The van der Waals surface area contributed by atoms with Crippen molar-refractivity contribution in [2.45, 2.75) is 26.4 Å². The van der Waals surface area contributed by atoms with E-state index in [1.807, 2.05) is 36.1 Å². The van der Waals surface area contributed by atoms with Crippen LogP contribution in [-0.4, -0.2) is 82.4 Å². The zero-order chi connectivity index (χ0) is 23.1. The number of carbonyl (C=O) groups excluding carboxylic acids is 2. The van der Waals surface area contributed by atoms with Crippen LogP contribution in [0.1, 0.15) is 24.9 Å². The molecule has 0 radical (unpaired) electrons. The number of benzene rings is 1. The molecule has 2 aromatic rings. The topological polar surface area (TPSA) is 73.7 Å². The molecule has 1 aliphatic rings. The summed E-state index contributed by atoms with van der Waals surface area (Å²) in [6.45, 7) is 2.20. The molecule has 10 heteroatoms. The van der Waals surface area contributed by atoms with Gasteiger partial charge in [-0.25, -0.2) is 4.98 Å². The molecule has 1 fully saturated rings. The summed E-state index contributed by atoms with van der Waals surface area (Å²) in [6.07, 6.45) is 3.40. The highest BCUT2D eigenvalue weighted by atomic mass is 19.3. The summed E-state index contributed by atoms with van der Waals surface area (Å²) in [7, 11) is 1.71. The van der Waals surface area contributed by atoms with Crippen molar-refractivity contribution in [3.63, 3.8) is 0 Å². The van der Waals surface area contributed by atoms with Crippen LogP contribution in [0.25, 0.3) is 0 Å². The minimum absolute atomic E-state index is 0.0661. The molecule has 1 aromatic heterocycles. The number of amides is 2. The summed E-state index contributed by atoms with van der Waals surface area (Å²) in [4.78, 5) is 34.4. The molecule has 0 saturated carbocycles. The molecule has 1 aromatic carbocycles. The molecule has 32 heavy (non-hydrogen) atoms. The van der Waals surface area contributed by atoms with Gasteiger partial charge in [0.15, 0.2) is 0 Å². The molecular formula is C22H30F2N6O2. The van der Waals surface area contributed by atoms with Gasteiger partial charge in [0.25, 0.3) is 0 Å². The van der Waals surface area contributed by atoms with Gasteiger partial charge in [0.05, 0.1) is 19.6 Å². The molecule has 1 N–H and O–H groups in total. The predicted octanol–water partition coefficient (Wildman–Crippen LogP) is 2.06. The van der Waals surface area contributed by atoms with Gasteiger partial charge in [-0.3, -0.25) is 24.0 Å². The van der Waals surface area contributed by atoms with E-state index < -0.39 is 6.55 Å². The summed E-state index contributed by atoms with van der Waals surface area (Å²) in [5, 5.41) is 2.97. The van der Waals surface area contributed by atoms with Crippen LogP contribution < -0.4 is 5.32 Å². The van der Waals surface area contributed by atoms with E-state index >= 15 is 0 Å². The van der Waals surface area contributed by atoms with E-state index in [0.717, 1.165) is 22.2 Å². The number of para-hydroxylation sites is 1. The Hall–Kier alpha value is -2.85. The average Bonchev–Trinajstić information content (AvgIpc) is 3.22. The number of aryl methyl sites for hydroxylation is 1. The van der Waals surface area contributed by atoms with Crippen molar-refractivity contribution in [2.75, 3.05) is 51.6 Å². The van der Waals surface area contributed by atoms with Gasteiger partial charge in [-0.1, -0.05) is 25.1 Å². The van der Waals surface area contributed by atoms with Gasteiger partial charge in [-0.2, -0.15) is 8.78 Å². The fraction of sp³-hybridized carbons (Fsp3) is 0.500. The van der Waals surface area contributed by atoms with E-state index in [1.165, 1.54) is 12.4 Å². The fourth-order valence-electron chi connectivity index (χ4n) is 3.77. The molecule has 0 aliphatic carbocycles. The van der Waals surface area contributed by atoms with E-state index in [0.29, 0.717) is 26.2 Å². The second kappa shape index (κ2) is 11.1. The van der Waals surface area contributed by atoms with Gasteiger partial charge in [0, 0.05) is 44.3 Å². The van der Waals surface area contributed by atoms with E-state index in [4.69, 9.17) is 0 Å². The third-order valence-electron chi connectivity index (χ3n) is 5.54. The van der Waals surface area contributed by atoms with E-state index in [2.05, 4.69) is 10.3 Å². The lowest BCUT2D eigenvalue weighted by molar-refractivity contribution is -0.134. The maximum absolute atomic E-state index is 12.9. The highest BCUT2D eigenvalue weighted by Gasteiger charge is 2.24. The number of piperazine rings is 1. The van der Waals surface area contributed by atoms with Crippen LogP contribution in [0.3, 0.4) is 0 Å². The van der Waals surface area contributed by atoms with Crippen molar-refractivity contribution in [2.24, 2.45) is 0 Å². The number of hydrogen-bond donors (Lipinski definition) is 1. The fourth-order valence-corrected chi connectivity index (χ4v) is 3.77. The summed E-state index contributed by atoms with van der Waals surface area (Å²) >= 11 is 0. The van der Waals surface area contributed by atoms with E-state index in [9.17, 15) is 18.4 Å². The van der Waals surface area contributed by atoms with Crippen molar-refractivity contribution in [3.05, 3.63) is 48.0 Å². The van der Waals surface area contributed by atoms with Crippen molar-refractivity contribution >= 4 is 17.5 Å². The van der Waals surface area contributed by atoms with Gasteiger partial charge in [0.1, 0.15) is 5.82 Å². The average molecular weight is 449 g/mol. The molecular weight excluding hydrogens is 418 g/mol. The van der Waals surface area contributed by atoms with Crippen molar-refractivity contribution in [3.8, 4) is 0 Å². The van der Waals surface area contributed by atoms with Gasteiger partial charge in [-0.15, -0.1) is 0 Å². The van der Waals surface area contributed by atoms with Gasteiger partial charge < -0.3 is 10.2 Å². The minimum Gasteiger partial charge on any atom is -0.339 e. The lowest BCUT2D eigenvalue weighted by Crippen LogP contribution is -2.52. The van der Waals surface area contributed by atoms with E-state index in [1.54, 1.807) is 16.8 Å². The number of halogens is 2. The number of carbonyl (C=O) groups is 2. The normalized spacial score (nSPS) is 14.9. The van der Waals surface area contributed by atoms with Crippen molar-refractivity contribution in [1.82, 2.24) is 24.3 Å². The quantitative estimate of drug-likeness (QED) is 0.636. The predicted molar refractivity (Wildman–Crippen MR) is 117 cm³/mol. The maximum Gasteiger partial charge on any atom is 0.319 e. The van der Waals surface area contributed by atoms with Crippen LogP contribution in [0.2, 0.25) is 0 Å². The standard InChI is InChI=1S/C22H30F2N6O2/c1-3-17-6-4-5-7-18(17)26-20(31)15-28-10-12-29(13-11-28)21(32)16-27(2)14-19-25-8-9-30(19)22(23)24/h4-9,22H,3,10-16H2,1-2H3,(H,26,31). The number of hydrogen-bond acceptors (Lipinski definition) is 5. The molecule has 8 nitrogen and oxygen atoms in total. The summed E-state index contributed by atoms with van der Waals surface area (Å²) in [6, 6.07) is 7.75. The monoisotopic (exact) mass is 448 g/mol. The first-order chi connectivity index (χ1) is 15.4. The molecule has 0 spiro atoms. The molecule has 2 heterocycles. The molecule has 2 amide bonds. The number of likely N-dealkylation sites (N-methyl/N-ethyl adjacent to an activating group) is 1. The number of aromatic nitrogens is 2. The Morgan fingerprint density at radius 2 is 1.91 bits per heavy atom. The van der Waals surface area contributed by atoms with Crippen molar-refractivity contribution in [1.29, 1.82) is 0 Å². The van der Waals surface area contributed by atoms with Crippen molar-refractivity contribution < 1.29 is 18.4 Å². The highest BCUT2D eigenvalue weighted by Crippen LogP contribution is 2.16. The Morgan fingerprint density at radius 1 is 1.19 bits per heavy atom. The van der Waals surface area contributed by atoms with Crippen LogP contribution >= 0.6 is 0 Å². The van der Waals surface area contributed by atoms with Crippen LogP contribution in [-0.2, 0) is 22.6 Å². The minimum atomic E-state index is -2.66. The lowest BCUT2D eigenvalue weighted by atomic mass is 10.1. The Morgan fingerprint density at radius 3 is 2.59 bits per heavy atom. The number of nitrogens with zero attached hydrogens (tertiary/aromatic N) is 5. The first-order valence-electron chi connectivity index (χ1n) is 10.7. The number of alkyl halides is 2. The molecule has 1 aliphatic heterocycles. The van der Waals surface area contributed by atoms with Gasteiger partial charge in [0.2, 0.25) is 11.8 Å².